The van der Waals surface area contributed by atoms with Crippen LogP contribution in [-0.2, 0) is 6.42 Å². The summed E-state index contributed by atoms with van der Waals surface area (Å²) in [4.78, 5) is 19.0. The van der Waals surface area contributed by atoms with Crippen LogP contribution in [0.3, 0.4) is 0 Å². The number of carbonyl (C=O) groups excluding carboxylic acids is 1. The van der Waals surface area contributed by atoms with Gasteiger partial charge in [0.2, 0.25) is 0 Å². The molecule has 0 saturated carbocycles. The van der Waals surface area contributed by atoms with E-state index in [0.717, 1.165) is 37.9 Å². The zero-order chi connectivity index (χ0) is 17.1. The first-order valence-corrected chi connectivity index (χ1v) is 8.71. The molecular formula is C20H20N4O. The molecule has 0 N–H and O–H groups in total. The number of likely N-dealkylation sites (tertiary alicyclic amines) is 1. The van der Waals surface area contributed by atoms with Crippen molar-refractivity contribution in [3.05, 3.63) is 66.1 Å². The number of hydrogen-bond donors (Lipinski definition) is 0. The molecule has 1 amide bonds. The molecule has 1 aliphatic rings. The lowest BCUT2D eigenvalue weighted by molar-refractivity contribution is 0.0666. The molecule has 126 valence electrons. The number of aromatic nitrogens is 3. The van der Waals surface area contributed by atoms with E-state index in [1.54, 1.807) is 18.3 Å². The topological polar surface area (TPSA) is 59.0 Å². The van der Waals surface area contributed by atoms with Gasteiger partial charge in [0.15, 0.2) is 5.69 Å². The van der Waals surface area contributed by atoms with Crippen molar-refractivity contribution in [1.29, 1.82) is 0 Å². The highest BCUT2D eigenvalue weighted by Crippen LogP contribution is 2.25. The van der Waals surface area contributed by atoms with Crippen LogP contribution >= 0.6 is 0 Å². The number of fused-ring (bicyclic) bond motifs is 1. The van der Waals surface area contributed by atoms with Crippen molar-refractivity contribution in [2.75, 3.05) is 13.1 Å². The van der Waals surface area contributed by atoms with Crippen molar-refractivity contribution in [1.82, 2.24) is 20.1 Å². The van der Waals surface area contributed by atoms with Crippen molar-refractivity contribution >= 4 is 16.8 Å². The van der Waals surface area contributed by atoms with Gasteiger partial charge in [-0.15, -0.1) is 5.10 Å². The Balaban J connectivity index is 1.51. The maximum atomic E-state index is 12.6. The molecule has 2 aromatic heterocycles. The number of rotatable bonds is 3. The summed E-state index contributed by atoms with van der Waals surface area (Å²) in [5.74, 6) is 0.442. The van der Waals surface area contributed by atoms with Gasteiger partial charge in [-0.2, -0.15) is 5.10 Å². The summed E-state index contributed by atoms with van der Waals surface area (Å²) < 4.78 is 0. The van der Waals surface area contributed by atoms with Crippen molar-refractivity contribution in [3.63, 3.8) is 0 Å². The fourth-order valence-corrected chi connectivity index (χ4v) is 3.65. The lowest BCUT2D eigenvalue weighted by Gasteiger charge is -2.32. The standard InChI is InChI=1S/C20H20N4O/c25-20(19-9-3-11-22-23-19)24-12-4-5-15(14-24)13-16-6-1-8-18-17(16)7-2-10-21-18/h1-3,6-11,15H,4-5,12-14H2. The fourth-order valence-electron chi connectivity index (χ4n) is 3.65. The van der Waals surface area contributed by atoms with Gasteiger partial charge in [0, 0.05) is 30.9 Å². The quantitative estimate of drug-likeness (QED) is 0.739. The molecule has 1 unspecified atom stereocenters. The Bertz CT molecular complexity index is 876. The molecule has 25 heavy (non-hydrogen) atoms. The van der Waals surface area contributed by atoms with Crippen molar-refractivity contribution in [2.45, 2.75) is 19.3 Å². The second kappa shape index (κ2) is 6.97. The van der Waals surface area contributed by atoms with Gasteiger partial charge < -0.3 is 4.90 Å². The van der Waals surface area contributed by atoms with E-state index in [1.165, 1.54) is 10.9 Å². The minimum atomic E-state index is -0.0163. The maximum Gasteiger partial charge on any atom is 0.274 e. The van der Waals surface area contributed by atoms with Crippen LogP contribution in [0.1, 0.15) is 28.9 Å². The Hall–Kier alpha value is -2.82. The predicted octanol–water partition coefficient (Wildman–Crippen LogP) is 3.12. The molecule has 0 spiro atoms. The molecule has 0 radical (unpaired) electrons. The third kappa shape index (κ3) is 3.36. The van der Waals surface area contributed by atoms with Gasteiger partial charge in [-0.05, 0) is 55.0 Å². The third-order valence-corrected chi connectivity index (χ3v) is 4.84. The summed E-state index contributed by atoms with van der Waals surface area (Å²) in [6.07, 6.45) is 6.55. The van der Waals surface area contributed by atoms with E-state index in [9.17, 15) is 4.79 Å². The van der Waals surface area contributed by atoms with Crippen LogP contribution in [0.25, 0.3) is 10.9 Å². The Kier molecular flexibility index (Phi) is 4.37. The smallest absolute Gasteiger partial charge is 0.274 e. The average molecular weight is 332 g/mol. The van der Waals surface area contributed by atoms with E-state index in [2.05, 4.69) is 33.4 Å². The van der Waals surface area contributed by atoms with Crippen molar-refractivity contribution in [3.8, 4) is 0 Å². The summed E-state index contributed by atoms with van der Waals surface area (Å²) in [5.41, 5.74) is 2.77. The maximum absolute atomic E-state index is 12.6. The van der Waals surface area contributed by atoms with Gasteiger partial charge in [0.05, 0.1) is 5.52 Å². The van der Waals surface area contributed by atoms with Crippen molar-refractivity contribution in [2.24, 2.45) is 5.92 Å². The van der Waals surface area contributed by atoms with E-state index in [1.807, 2.05) is 23.2 Å². The molecule has 5 nitrogen and oxygen atoms in total. The monoisotopic (exact) mass is 332 g/mol. The average Bonchev–Trinajstić information content (AvgIpc) is 2.69. The predicted molar refractivity (Wildman–Crippen MR) is 96.1 cm³/mol. The van der Waals surface area contributed by atoms with Crippen LogP contribution < -0.4 is 0 Å². The number of piperidine rings is 1. The molecule has 1 saturated heterocycles. The second-order valence-corrected chi connectivity index (χ2v) is 6.56. The Morgan fingerprint density at radius 3 is 2.92 bits per heavy atom. The SMILES string of the molecule is O=C(c1cccnn1)N1CCCC(Cc2cccc3ncccc23)C1. The summed E-state index contributed by atoms with van der Waals surface area (Å²) in [6.45, 7) is 1.56. The zero-order valence-electron chi connectivity index (χ0n) is 14.0. The Labute approximate surface area is 146 Å². The summed E-state index contributed by atoms with van der Waals surface area (Å²) in [5, 5.41) is 8.98. The van der Waals surface area contributed by atoms with Gasteiger partial charge in [-0.25, -0.2) is 0 Å². The first-order chi connectivity index (χ1) is 12.3. The van der Waals surface area contributed by atoms with Crippen LogP contribution in [0.5, 0.6) is 0 Å². The highest BCUT2D eigenvalue weighted by molar-refractivity contribution is 5.92. The van der Waals surface area contributed by atoms with Crippen LogP contribution in [0.15, 0.2) is 54.9 Å². The van der Waals surface area contributed by atoms with Gasteiger partial charge in [0.25, 0.3) is 5.91 Å². The number of amides is 1. The molecule has 0 bridgehead atoms. The normalized spacial score (nSPS) is 17.6. The molecule has 0 aliphatic carbocycles. The van der Waals surface area contributed by atoms with Gasteiger partial charge >= 0.3 is 0 Å². The summed E-state index contributed by atoms with van der Waals surface area (Å²) >= 11 is 0. The van der Waals surface area contributed by atoms with Gasteiger partial charge in [-0.3, -0.25) is 9.78 Å². The summed E-state index contributed by atoms with van der Waals surface area (Å²) in [6, 6.07) is 13.9. The molecule has 3 aromatic rings. The van der Waals surface area contributed by atoms with Gasteiger partial charge in [0.1, 0.15) is 0 Å². The number of nitrogens with zero attached hydrogens (tertiary/aromatic N) is 4. The van der Waals surface area contributed by atoms with Gasteiger partial charge in [-0.1, -0.05) is 18.2 Å². The lowest BCUT2D eigenvalue weighted by Crippen LogP contribution is -2.40. The van der Waals surface area contributed by atoms with Crippen LogP contribution in [0.4, 0.5) is 0 Å². The zero-order valence-corrected chi connectivity index (χ0v) is 14.0. The Morgan fingerprint density at radius 2 is 2.04 bits per heavy atom. The fraction of sp³-hybridized carbons (Fsp3) is 0.300. The molecule has 1 aliphatic heterocycles. The minimum absolute atomic E-state index is 0.0163. The van der Waals surface area contributed by atoms with E-state index in [-0.39, 0.29) is 5.91 Å². The van der Waals surface area contributed by atoms with E-state index < -0.39 is 0 Å². The van der Waals surface area contributed by atoms with Crippen LogP contribution in [-0.4, -0.2) is 39.1 Å². The van der Waals surface area contributed by atoms with E-state index >= 15 is 0 Å². The second-order valence-electron chi connectivity index (χ2n) is 6.56. The van der Waals surface area contributed by atoms with Crippen molar-refractivity contribution < 1.29 is 4.79 Å². The molecular weight excluding hydrogens is 312 g/mol. The van der Waals surface area contributed by atoms with E-state index in [4.69, 9.17) is 0 Å². The molecule has 1 fully saturated rings. The Morgan fingerprint density at radius 1 is 1.12 bits per heavy atom. The third-order valence-electron chi connectivity index (χ3n) is 4.84. The molecule has 4 rings (SSSR count). The first-order valence-electron chi connectivity index (χ1n) is 8.71. The highest BCUT2D eigenvalue weighted by Gasteiger charge is 2.25. The number of pyridine rings is 1. The largest absolute Gasteiger partial charge is 0.337 e. The number of benzene rings is 1. The molecule has 1 aromatic carbocycles. The molecule has 1 atom stereocenters. The minimum Gasteiger partial charge on any atom is -0.337 e. The number of carbonyl (C=O) groups is 1. The molecule has 3 heterocycles. The number of hydrogen-bond acceptors (Lipinski definition) is 4. The van der Waals surface area contributed by atoms with Crippen LogP contribution in [0, 0.1) is 5.92 Å². The summed E-state index contributed by atoms with van der Waals surface area (Å²) in [7, 11) is 0. The lowest BCUT2D eigenvalue weighted by atomic mass is 9.89. The highest BCUT2D eigenvalue weighted by atomic mass is 16.2. The van der Waals surface area contributed by atoms with E-state index in [0.29, 0.717) is 11.6 Å². The first kappa shape index (κ1) is 15.7. The van der Waals surface area contributed by atoms with Crippen LogP contribution in [0.2, 0.25) is 0 Å². The molecule has 5 heteroatoms.